The summed E-state index contributed by atoms with van der Waals surface area (Å²) in [6, 6.07) is 8.17. The van der Waals surface area contributed by atoms with Crippen LogP contribution in [-0.4, -0.2) is 36.4 Å². The van der Waals surface area contributed by atoms with Crippen LogP contribution in [0, 0.1) is 6.92 Å². The molecule has 140 valence electrons. The third-order valence-electron chi connectivity index (χ3n) is 4.05. The molecule has 0 amide bonds. The van der Waals surface area contributed by atoms with Gasteiger partial charge < -0.3 is 9.67 Å². The van der Waals surface area contributed by atoms with Crippen molar-refractivity contribution < 1.29 is 23.1 Å². The molecule has 0 aliphatic carbocycles. The molecule has 1 aromatic heterocycles. The normalized spacial score (nSPS) is 11.5. The molecular weight excluding hydrogens is 356 g/mol. The van der Waals surface area contributed by atoms with Gasteiger partial charge in [-0.3, -0.25) is 9.59 Å². The number of hydrogen-bond donors (Lipinski definition) is 2. The van der Waals surface area contributed by atoms with Crippen LogP contribution >= 0.6 is 0 Å². The molecule has 2 aromatic rings. The van der Waals surface area contributed by atoms with Crippen molar-refractivity contribution in [2.75, 3.05) is 6.54 Å². The molecule has 0 unspecified atom stereocenters. The third-order valence-corrected chi connectivity index (χ3v) is 5.53. The van der Waals surface area contributed by atoms with Crippen molar-refractivity contribution in [1.82, 2.24) is 9.29 Å². The predicted octanol–water partition coefficient (Wildman–Crippen LogP) is 1.90. The Morgan fingerprint density at radius 2 is 1.77 bits per heavy atom. The van der Waals surface area contributed by atoms with Gasteiger partial charge in [0, 0.05) is 43.9 Å². The third kappa shape index (κ3) is 5.03. The van der Waals surface area contributed by atoms with E-state index in [0.717, 1.165) is 5.56 Å². The highest BCUT2D eigenvalue weighted by Gasteiger charge is 2.17. The number of carbonyl (C=O) groups excluding carboxylic acids is 1. The number of sulfonamides is 1. The largest absolute Gasteiger partial charge is 0.481 e. The molecule has 0 atom stereocenters. The quantitative estimate of drug-likeness (QED) is 0.649. The van der Waals surface area contributed by atoms with E-state index in [4.69, 9.17) is 5.11 Å². The monoisotopic (exact) mass is 378 g/mol. The van der Waals surface area contributed by atoms with Crippen LogP contribution in [0.1, 0.15) is 34.5 Å². The number of aryl methyl sites for hydroxylation is 2. The minimum Gasteiger partial charge on any atom is -0.481 e. The number of carboxylic acids is 1. The number of ketones is 1. The lowest BCUT2D eigenvalue weighted by molar-refractivity contribution is -0.136. The second-order valence-electron chi connectivity index (χ2n) is 6.06. The van der Waals surface area contributed by atoms with Crippen LogP contribution in [0.4, 0.5) is 0 Å². The summed E-state index contributed by atoms with van der Waals surface area (Å²) in [5.74, 6) is -1.29. The van der Waals surface area contributed by atoms with Crippen molar-refractivity contribution in [2.45, 2.75) is 31.1 Å². The Bertz CT molecular complexity index is 898. The van der Waals surface area contributed by atoms with Gasteiger partial charge in [0.15, 0.2) is 5.78 Å². The van der Waals surface area contributed by atoms with Crippen molar-refractivity contribution in [3.8, 4) is 0 Å². The summed E-state index contributed by atoms with van der Waals surface area (Å²) in [7, 11) is -1.86. The summed E-state index contributed by atoms with van der Waals surface area (Å²) in [6.45, 7) is 2.01. The molecule has 0 radical (unpaired) electrons. The number of aromatic nitrogens is 1. The van der Waals surface area contributed by atoms with Crippen molar-refractivity contribution in [2.24, 2.45) is 7.05 Å². The highest BCUT2D eigenvalue weighted by Crippen LogP contribution is 2.15. The van der Waals surface area contributed by atoms with Gasteiger partial charge in [0.2, 0.25) is 10.0 Å². The second kappa shape index (κ2) is 8.29. The van der Waals surface area contributed by atoms with Crippen LogP contribution < -0.4 is 4.72 Å². The molecule has 0 spiro atoms. The van der Waals surface area contributed by atoms with E-state index in [1.807, 2.05) is 6.92 Å². The van der Waals surface area contributed by atoms with Gasteiger partial charge in [-0.2, -0.15) is 0 Å². The highest BCUT2D eigenvalue weighted by atomic mass is 32.2. The molecule has 7 nitrogen and oxygen atoms in total. The van der Waals surface area contributed by atoms with E-state index in [0.29, 0.717) is 17.7 Å². The maximum atomic E-state index is 12.3. The molecule has 0 saturated carbocycles. The van der Waals surface area contributed by atoms with Gasteiger partial charge in [-0.25, -0.2) is 13.1 Å². The Labute approximate surface area is 152 Å². The summed E-state index contributed by atoms with van der Waals surface area (Å²) in [5.41, 5.74) is 2.08. The number of carbonyl (C=O) groups is 2. The lowest BCUT2D eigenvalue weighted by Gasteiger charge is -2.10. The number of hydrogen-bond acceptors (Lipinski definition) is 4. The van der Waals surface area contributed by atoms with Crippen LogP contribution in [0.5, 0.6) is 0 Å². The molecule has 1 heterocycles. The van der Waals surface area contributed by atoms with Gasteiger partial charge in [0.05, 0.1) is 11.3 Å². The minimum absolute atomic E-state index is 0.0819. The van der Waals surface area contributed by atoms with E-state index in [-0.39, 0.29) is 30.1 Å². The van der Waals surface area contributed by atoms with Crippen molar-refractivity contribution in [3.63, 3.8) is 0 Å². The number of rotatable bonds is 9. The van der Waals surface area contributed by atoms with Gasteiger partial charge in [0.1, 0.15) is 0 Å². The second-order valence-corrected chi connectivity index (χ2v) is 7.83. The Balaban J connectivity index is 2.03. The smallest absolute Gasteiger partial charge is 0.303 e. The van der Waals surface area contributed by atoms with Crippen molar-refractivity contribution >= 4 is 21.8 Å². The topological polar surface area (TPSA) is 105 Å². The molecule has 8 heteroatoms. The minimum atomic E-state index is -3.62. The zero-order valence-electron chi connectivity index (χ0n) is 14.7. The molecule has 2 N–H and O–H groups in total. The maximum Gasteiger partial charge on any atom is 0.303 e. The van der Waals surface area contributed by atoms with Crippen LogP contribution in [-0.2, 0) is 28.3 Å². The predicted molar refractivity (Wildman–Crippen MR) is 96.7 cm³/mol. The number of nitrogens with one attached hydrogen (secondary N) is 1. The summed E-state index contributed by atoms with van der Waals surface area (Å²) >= 11 is 0. The average molecular weight is 378 g/mol. The first-order chi connectivity index (χ1) is 12.2. The van der Waals surface area contributed by atoms with Crippen LogP contribution in [0.15, 0.2) is 41.4 Å². The lowest BCUT2D eigenvalue weighted by atomic mass is 10.1. The number of Topliss-reactive ketones (excluding diaryl/α,β-unsaturated/α-hetero) is 1. The number of aliphatic carboxylic acids is 1. The Morgan fingerprint density at radius 1 is 1.12 bits per heavy atom. The molecule has 1 aromatic carbocycles. The first-order valence-corrected chi connectivity index (χ1v) is 9.64. The van der Waals surface area contributed by atoms with E-state index in [9.17, 15) is 18.0 Å². The van der Waals surface area contributed by atoms with Gasteiger partial charge in [-0.15, -0.1) is 0 Å². The average Bonchev–Trinajstić information content (AvgIpc) is 2.94. The molecule has 0 bridgehead atoms. The Kier molecular flexibility index (Phi) is 6.33. The maximum absolute atomic E-state index is 12.3. The Hall–Kier alpha value is -2.45. The standard InChI is InChI=1S/C18H22N2O5S/c1-13-3-5-14(6-4-13)26(24,25)19-11-9-16-15(10-12-20(16)2)17(21)7-8-18(22)23/h3-6,10,12,19H,7-9,11H2,1-2H3,(H,22,23). The summed E-state index contributed by atoms with van der Waals surface area (Å²) in [5, 5.41) is 8.71. The van der Waals surface area contributed by atoms with Gasteiger partial charge in [-0.1, -0.05) is 17.7 Å². The van der Waals surface area contributed by atoms with E-state index in [1.165, 1.54) is 0 Å². The zero-order valence-corrected chi connectivity index (χ0v) is 15.5. The van der Waals surface area contributed by atoms with Crippen LogP contribution in [0.25, 0.3) is 0 Å². The summed E-state index contributed by atoms with van der Waals surface area (Å²) in [4.78, 5) is 23.0. The van der Waals surface area contributed by atoms with Crippen LogP contribution in [0.2, 0.25) is 0 Å². The molecule has 26 heavy (non-hydrogen) atoms. The first kappa shape index (κ1) is 19.9. The van der Waals surface area contributed by atoms with E-state index >= 15 is 0 Å². The molecule has 0 fully saturated rings. The van der Waals surface area contributed by atoms with Gasteiger partial charge in [0.25, 0.3) is 0 Å². The number of carboxylic acid groups (broad SMARTS) is 1. The number of benzene rings is 1. The van der Waals surface area contributed by atoms with Crippen LogP contribution in [0.3, 0.4) is 0 Å². The zero-order chi connectivity index (χ0) is 19.3. The molecule has 0 saturated heterocycles. The van der Waals surface area contributed by atoms with Crippen molar-refractivity contribution in [3.05, 3.63) is 53.3 Å². The van der Waals surface area contributed by atoms with Crippen molar-refractivity contribution in [1.29, 1.82) is 0 Å². The molecule has 0 aliphatic rings. The summed E-state index contributed by atoms with van der Waals surface area (Å²) < 4.78 is 28.9. The highest BCUT2D eigenvalue weighted by molar-refractivity contribution is 7.89. The first-order valence-electron chi connectivity index (χ1n) is 8.16. The fraction of sp³-hybridized carbons (Fsp3) is 0.333. The lowest BCUT2D eigenvalue weighted by Crippen LogP contribution is -2.26. The SMILES string of the molecule is Cc1ccc(S(=O)(=O)NCCc2c(C(=O)CCC(=O)O)ccn2C)cc1. The molecular formula is C18H22N2O5S. The summed E-state index contributed by atoms with van der Waals surface area (Å²) in [6.07, 6.45) is 1.72. The van der Waals surface area contributed by atoms with E-state index < -0.39 is 16.0 Å². The van der Waals surface area contributed by atoms with E-state index in [1.54, 1.807) is 48.1 Å². The number of nitrogens with zero attached hydrogens (tertiary/aromatic N) is 1. The molecule has 2 rings (SSSR count). The Morgan fingerprint density at radius 3 is 2.38 bits per heavy atom. The van der Waals surface area contributed by atoms with E-state index in [2.05, 4.69) is 4.72 Å². The fourth-order valence-electron chi connectivity index (χ4n) is 2.59. The molecule has 0 aliphatic heterocycles. The fourth-order valence-corrected chi connectivity index (χ4v) is 3.62. The van der Waals surface area contributed by atoms with Gasteiger partial charge in [-0.05, 0) is 25.1 Å². The van der Waals surface area contributed by atoms with Gasteiger partial charge >= 0.3 is 5.97 Å².